The third-order valence-electron chi connectivity index (χ3n) is 2.01. The highest BCUT2D eigenvalue weighted by atomic mass is 32.2. The molecule has 0 amide bonds. The second-order valence-corrected chi connectivity index (χ2v) is 4.85. The summed E-state index contributed by atoms with van der Waals surface area (Å²) < 4.78 is 1.45. The number of nitrogens with zero attached hydrogens (tertiary/aromatic N) is 6. The van der Waals surface area contributed by atoms with Crippen LogP contribution in [0.4, 0.5) is 5.95 Å². The van der Waals surface area contributed by atoms with Crippen LogP contribution in [-0.2, 0) is 0 Å². The average molecular weight is 267 g/mol. The number of aliphatic hydroxyl groups is 1. The first-order valence-corrected chi connectivity index (χ1v) is 6.17. The van der Waals surface area contributed by atoms with Crippen LogP contribution < -0.4 is 5.32 Å². The van der Waals surface area contributed by atoms with E-state index < -0.39 is 0 Å². The van der Waals surface area contributed by atoms with Crippen LogP contribution in [0.2, 0.25) is 0 Å². The molecular weight excluding hydrogens is 254 g/mol. The number of thioether (sulfide) groups is 1. The lowest BCUT2D eigenvalue weighted by Gasteiger charge is -2.08. The number of aliphatic hydroxyl groups excluding tert-OH is 1. The summed E-state index contributed by atoms with van der Waals surface area (Å²) in [6.07, 6.45) is 2.92. The SMILES string of the molecule is CNc1nc(SC(C)CO)nc(-n2cncn2)n1. The van der Waals surface area contributed by atoms with E-state index in [0.29, 0.717) is 17.1 Å². The highest BCUT2D eigenvalue weighted by Gasteiger charge is 2.11. The van der Waals surface area contributed by atoms with E-state index >= 15 is 0 Å². The van der Waals surface area contributed by atoms with Gasteiger partial charge in [-0.2, -0.15) is 24.7 Å². The normalized spacial score (nSPS) is 12.4. The molecule has 0 aliphatic heterocycles. The largest absolute Gasteiger partial charge is 0.395 e. The fraction of sp³-hybridized carbons (Fsp3) is 0.444. The maximum atomic E-state index is 9.04. The molecule has 2 heterocycles. The molecule has 0 aliphatic rings. The summed E-state index contributed by atoms with van der Waals surface area (Å²) in [5, 5.41) is 16.4. The number of rotatable bonds is 5. The summed E-state index contributed by atoms with van der Waals surface area (Å²) >= 11 is 1.37. The highest BCUT2D eigenvalue weighted by molar-refractivity contribution is 7.99. The number of anilines is 1. The second kappa shape index (κ2) is 5.74. The maximum absolute atomic E-state index is 9.04. The molecule has 9 heteroatoms. The van der Waals surface area contributed by atoms with Crippen LogP contribution in [0.3, 0.4) is 0 Å². The van der Waals surface area contributed by atoms with Gasteiger partial charge >= 0.3 is 0 Å². The monoisotopic (exact) mass is 267 g/mol. The molecule has 0 radical (unpaired) electrons. The lowest BCUT2D eigenvalue weighted by molar-refractivity contribution is 0.300. The van der Waals surface area contributed by atoms with Gasteiger partial charge in [-0.05, 0) is 0 Å². The Labute approximate surface area is 108 Å². The molecule has 2 N–H and O–H groups in total. The van der Waals surface area contributed by atoms with Crippen molar-refractivity contribution < 1.29 is 5.11 Å². The van der Waals surface area contributed by atoms with Crippen LogP contribution in [0, 0.1) is 0 Å². The van der Waals surface area contributed by atoms with E-state index in [0.717, 1.165) is 0 Å². The van der Waals surface area contributed by atoms with Crippen molar-refractivity contribution in [3.05, 3.63) is 12.7 Å². The van der Waals surface area contributed by atoms with E-state index in [1.165, 1.54) is 29.1 Å². The minimum absolute atomic E-state index is 0.0145. The first kappa shape index (κ1) is 12.7. The summed E-state index contributed by atoms with van der Waals surface area (Å²) in [6, 6.07) is 0. The van der Waals surface area contributed by atoms with Crippen molar-refractivity contribution in [2.24, 2.45) is 0 Å². The zero-order valence-electron chi connectivity index (χ0n) is 9.98. The smallest absolute Gasteiger partial charge is 0.257 e. The molecule has 2 aromatic heterocycles. The molecule has 1 unspecified atom stereocenters. The van der Waals surface area contributed by atoms with Gasteiger partial charge in [-0.25, -0.2) is 4.98 Å². The predicted octanol–water partition coefficient (Wildman–Crippen LogP) is -0.0331. The van der Waals surface area contributed by atoms with Crippen LogP contribution in [0.1, 0.15) is 6.92 Å². The summed E-state index contributed by atoms with van der Waals surface area (Å²) in [7, 11) is 1.73. The Kier molecular flexibility index (Phi) is 4.05. The van der Waals surface area contributed by atoms with E-state index in [4.69, 9.17) is 5.11 Å². The van der Waals surface area contributed by atoms with Gasteiger partial charge in [0.25, 0.3) is 5.95 Å². The van der Waals surface area contributed by atoms with Gasteiger partial charge in [-0.15, -0.1) is 0 Å². The summed E-state index contributed by atoms with van der Waals surface area (Å²) in [5.41, 5.74) is 0. The zero-order valence-corrected chi connectivity index (χ0v) is 10.8. The Balaban J connectivity index is 2.33. The van der Waals surface area contributed by atoms with Crippen molar-refractivity contribution in [2.75, 3.05) is 19.0 Å². The van der Waals surface area contributed by atoms with Crippen LogP contribution in [0.15, 0.2) is 17.8 Å². The van der Waals surface area contributed by atoms with Gasteiger partial charge in [0.1, 0.15) is 12.7 Å². The fourth-order valence-corrected chi connectivity index (χ4v) is 1.85. The molecule has 96 valence electrons. The third-order valence-corrected chi connectivity index (χ3v) is 2.96. The molecule has 0 saturated carbocycles. The van der Waals surface area contributed by atoms with Gasteiger partial charge in [0, 0.05) is 12.3 Å². The third kappa shape index (κ3) is 2.93. The van der Waals surface area contributed by atoms with E-state index in [2.05, 4.69) is 30.4 Å². The van der Waals surface area contributed by atoms with Crippen LogP contribution in [0.25, 0.3) is 5.95 Å². The lowest BCUT2D eigenvalue weighted by Crippen LogP contribution is -2.10. The van der Waals surface area contributed by atoms with Gasteiger partial charge in [-0.3, -0.25) is 0 Å². The quantitative estimate of drug-likeness (QED) is 0.728. The lowest BCUT2D eigenvalue weighted by atomic mass is 10.5. The molecule has 2 aromatic rings. The van der Waals surface area contributed by atoms with Crippen molar-refractivity contribution in [3.8, 4) is 5.95 Å². The number of hydrogen-bond donors (Lipinski definition) is 2. The number of hydrogen-bond acceptors (Lipinski definition) is 8. The second-order valence-electron chi connectivity index (χ2n) is 3.44. The molecule has 0 aromatic carbocycles. The highest BCUT2D eigenvalue weighted by Crippen LogP contribution is 2.20. The Morgan fingerprint density at radius 1 is 1.44 bits per heavy atom. The number of aromatic nitrogens is 6. The van der Waals surface area contributed by atoms with Gasteiger partial charge in [0.2, 0.25) is 5.95 Å². The maximum Gasteiger partial charge on any atom is 0.257 e. The molecule has 2 rings (SSSR count). The average Bonchev–Trinajstić information content (AvgIpc) is 2.92. The van der Waals surface area contributed by atoms with Crippen LogP contribution >= 0.6 is 11.8 Å². The molecular formula is C9H13N7OS. The van der Waals surface area contributed by atoms with E-state index in [9.17, 15) is 0 Å². The van der Waals surface area contributed by atoms with Gasteiger partial charge in [0.15, 0.2) is 5.16 Å². The molecule has 0 spiro atoms. The molecule has 8 nitrogen and oxygen atoms in total. The molecule has 0 fully saturated rings. The van der Waals surface area contributed by atoms with Gasteiger partial charge in [0.05, 0.1) is 6.61 Å². The predicted molar refractivity (Wildman–Crippen MR) is 66.7 cm³/mol. The molecule has 0 aliphatic carbocycles. The van der Waals surface area contributed by atoms with Crippen LogP contribution in [-0.4, -0.2) is 53.7 Å². The first-order chi connectivity index (χ1) is 8.72. The van der Waals surface area contributed by atoms with E-state index in [1.54, 1.807) is 7.05 Å². The van der Waals surface area contributed by atoms with Gasteiger partial charge < -0.3 is 10.4 Å². The van der Waals surface area contributed by atoms with Crippen molar-refractivity contribution in [2.45, 2.75) is 17.3 Å². The van der Waals surface area contributed by atoms with Crippen molar-refractivity contribution in [1.82, 2.24) is 29.7 Å². The minimum atomic E-state index is 0.0145. The minimum Gasteiger partial charge on any atom is -0.395 e. The van der Waals surface area contributed by atoms with Crippen molar-refractivity contribution in [3.63, 3.8) is 0 Å². The Morgan fingerprint density at radius 3 is 2.89 bits per heavy atom. The fourth-order valence-electron chi connectivity index (χ4n) is 1.14. The molecule has 0 bridgehead atoms. The summed E-state index contributed by atoms with van der Waals surface area (Å²) in [4.78, 5) is 16.5. The van der Waals surface area contributed by atoms with E-state index in [1.807, 2.05) is 6.92 Å². The Bertz CT molecular complexity index is 504. The number of nitrogens with one attached hydrogen (secondary N) is 1. The van der Waals surface area contributed by atoms with Crippen LogP contribution in [0.5, 0.6) is 0 Å². The van der Waals surface area contributed by atoms with Gasteiger partial charge in [-0.1, -0.05) is 18.7 Å². The Hall–Kier alpha value is -1.74. The summed E-state index contributed by atoms with van der Waals surface area (Å²) in [6.45, 7) is 1.95. The molecule has 1 atom stereocenters. The topological polar surface area (TPSA) is 102 Å². The first-order valence-electron chi connectivity index (χ1n) is 5.29. The molecule has 0 saturated heterocycles. The zero-order chi connectivity index (χ0) is 13.0. The van der Waals surface area contributed by atoms with Crippen molar-refractivity contribution in [1.29, 1.82) is 0 Å². The van der Waals surface area contributed by atoms with E-state index in [-0.39, 0.29) is 11.9 Å². The standard InChI is InChI=1S/C9H13N7OS/c1-6(3-17)18-9-14-7(10-2)13-8(15-9)16-5-11-4-12-16/h4-6,17H,3H2,1-2H3,(H,10,13,14,15). The summed E-state index contributed by atoms with van der Waals surface area (Å²) in [5.74, 6) is 0.836. The van der Waals surface area contributed by atoms with Crippen molar-refractivity contribution >= 4 is 17.7 Å². The molecule has 18 heavy (non-hydrogen) atoms. The Morgan fingerprint density at radius 2 is 2.28 bits per heavy atom.